The van der Waals surface area contributed by atoms with Gasteiger partial charge in [-0.2, -0.15) is 4.98 Å². The normalized spacial score (nSPS) is 10.9. The van der Waals surface area contributed by atoms with Gasteiger partial charge < -0.3 is 9.63 Å². The lowest BCUT2D eigenvalue weighted by Crippen LogP contribution is -2.01. The fourth-order valence-electron chi connectivity index (χ4n) is 2.84. The summed E-state index contributed by atoms with van der Waals surface area (Å²) in [7, 11) is 0. The standard InChI is InChI=1S/C19H17FN2O3/c1-9-8-15(20)16(11(3)10(9)2)18-21-17(22-25-18)13-6-5-7-14(12(13)4)19(23)24/h5-8H,1-4H3,(H,23,24). The summed E-state index contributed by atoms with van der Waals surface area (Å²) in [6, 6.07) is 6.27. The molecule has 0 amide bonds. The summed E-state index contributed by atoms with van der Waals surface area (Å²) in [6.45, 7) is 7.23. The molecule has 3 rings (SSSR count). The molecule has 0 aliphatic carbocycles. The van der Waals surface area contributed by atoms with E-state index in [-0.39, 0.29) is 22.8 Å². The Balaban J connectivity index is 2.13. The molecular formula is C19H17FN2O3. The third-order valence-corrected chi connectivity index (χ3v) is 4.56. The minimum absolute atomic E-state index is 0.0771. The van der Waals surface area contributed by atoms with Crippen molar-refractivity contribution in [3.8, 4) is 22.8 Å². The summed E-state index contributed by atoms with van der Waals surface area (Å²) in [5, 5.41) is 13.1. The zero-order valence-electron chi connectivity index (χ0n) is 14.3. The number of halogens is 1. The van der Waals surface area contributed by atoms with Crippen molar-refractivity contribution < 1.29 is 18.8 Å². The summed E-state index contributed by atoms with van der Waals surface area (Å²) < 4.78 is 19.7. The van der Waals surface area contributed by atoms with Gasteiger partial charge in [0, 0.05) is 5.56 Å². The summed E-state index contributed by atoms with van der Waals surface area (Å²) >= 11 is 0. The lowest BCUT2D eigenvalue weighted by atomic mass is 9.98. The molecule has 5 nitrogen and oxygen atoms in total. The number of carboxylic acid groups (broad SMARTS) is 1. The predicted octanol–water partition coefficient (Wildman–Crippen LogP) is 4.47. The van der Waals surface area contributed by atoms with Crippen LogP contribution in [-0.2, 0) is 0 Å². The molecule has 2 aromatic carbocycles. The van der Waals surface area contributed by atoms with Crippen LogP contribution in [-0.4, -0.2) is 21.2 Å². The second kappa shape index (κ2) is 6.12. The van der Waals surface area contributed by atoms with Crippen molar-refractivity contribution in [3.63, 3.8) is 0 Å². The van der Waals surface area contributed by atoms with Crippen LogP contribution < -0.4 is 0 Å². The smallest absolute Gasteiger partial charge is 0.335 e. The molecular weight excluding hydrogens is 323 g/mol. The van der Waals surface area contributed by atoms with Crippen LogP contribution in [0, 0.1) is 33.5 Å². The highest BCUT2D eigenvalue weighted by Gasteiger charge is 2.21. The lowest BCUT2D eigenvalue weighted by Gasteiger charge is -2.09. The van der Waals surface area contributed by atoms with Gasteiger partial charge in [0.15, 0.2) is 0 Å². The molecule has 0 aliphatic rings. The fourth-order valence-corrected chi connectivity index (χ4v) is 2.84. The average Bonchev–Trinajstić information content (AvgIpc) is 3.02. The molecule has 128 valence electrons. The Morgan fingerprint density at radius 3 is 2.52 bits per heavy atom. The number of rotatable bonds is 3. The largest absolute Gasteiger partial charge is 0.478 e. The van der Waals surface area contributed by atoms with Gasteiger partial charge in [-0.05, 0) is 62.1 Å². The van der Waals surface area contributed by atoms with Crippen molar-refractivity contribution in [1.82, 2.24) is 10.1 Å². The second-order valence-corrected chi connectivity index (χ2v) is 6.01. The van der Waals surface area contributed by atoms with Crippen LogP contribution in [0.3, 0.4) is 0 Å². The highest BCUT2D eigenvalue weighted by atomic mass is 19.1. The van der Waals surface area contributed by atoms with Crippen LogP contribution in [0.1, 0.15) is 32.6 Å². The number of nitrogens with zero attached hydrogens (tertiary/aromatic N) is 2. The molecule has 0 fully saturated rings. The monoisotopic (exact) mass is 340 g/mol. The molecule has 0 aliphatic heterocycles. The maximum absolute atomic E-state index is 14.4. The van der Waals surface area contributed by atoms with Gasteiger partial charge in [0.1, 0.15) is 5.82 Å². The van der Waals surface area contributed by atoms with E-state index in [1.54, 1.807) is 26.0 Å². The SMILES string of the molecule is Cc1cc(F)c(-c2nc(-c3cccc(C(=O)O)c3C)no2)c(C)c1C. The van der Waals surface area contributed by atoms with Gasteiger partial charge in [-0.3, -0.25) is 0 Å². The molecule has 3 aromatic rings. The van der Waals surface area contributed by atoms with Gasteiger partial charge in [0.2, 0.25) is 5.82 Å². The van der Waals surface area contributed by atoms with Crippen molar-refractivity contribution in [1.29, 1.82) is 0 Å². The molecule has 0 saturated carbocycles. The zero-order chi connectivity index (χ0) is 18.3. The molecule has 0 bridgehead atoms. The van der Waals surface area contributed by atoms with Gasteiger partial charge in [-0.1, -0.05) is 17.3 Å². The van der Waals surface area contributed by atoms with E-state index in [4.69, 9.17) is 4.52 Å². The minimum Gasteiger partial charge on any atom is -0.478 e. The molecule has 1 aromatic heterocycles. The van der Waals surface area contributed by atoms with Crippen LogP contribution >= 0.6 is 0 Å². The van der Waals surface area contributed by atoms with Crippen LogP contribution in [0.4, 0.5) is 4.39 Å². The van der Waals surface area contributed by atoms with Crippen molar-refractivity contribution >= 4 is 5.97 Å². The van der Waals surface area contributed by atoms with Gasteiger partial charge in [0.05, 0.1) is 11.1 Å². The van der Waals surface area contributed by atoms with Crippen molar-refractivity contribution in [2.24, 2.45) is 0 Å². The van der Waals surface area contributed by atoms with E-state index in [9.17, 15) is 14.3 Å². The van der Waals surface area contributed by atoms with E-state index >= 15 is 0 Å². The number of carboxylic acids is 1. The van der Waals surface area contributed by atoms with Crippen LogP contribution in [0.2, 0.25) is 0 Å². The van der Waals surface area contributed by atoms with Crippen LogP contribution in [0.5, 0.6) is 0 Å². The molecule has 0 saturated heterocycles. The summed E-state index contributed by atoms with van der Waals surface area (Å²) in [6.07, 6.45) is 0. The van der Waals surface area contributed by atoms with Crippen molar-refractivity contribution in [2.45, 2.75) is 27.7 Å². The van der Waals surface area contributed by atoms with E-state index in [0.717, 1.165) is 16.7 Å². The van der Waals surface area contributed by atoms with E-state index in [0.29, 0.717) is 11.1 Å². The first-order chi connectivity index (χ1) is 11.8. The van der Waals surface area contributed by atoms with Crippen LogP contribution in [0.15, 0.2) is 28.8 Å². The first-order valence-corrected chi connectivity index (χ1v) is 7.75. The van der Waals surface area contributed by atoms with Crippen molar-refractivity contribution in [2.75, 3.05) is 0 Å². The first kappa shape index (κ1) is 16.8. The molecule has 0 atom stereocenters. The fraction of sp³-hybridized carbons (Fsp3) is 0.211. The summed E-state index contributed by atoms with van der Waals surface area (Å²) in [4.78, 5) is 15.6. The van der Waals surface area contributed by atoms with E-state index in [2.05, 4.69) is 10.1 Å². The first-order valence-electron chi connectivity index (χ1n) is 7.75. The third kappa shape index (κ3) is 2.80. The number of carbonyl (C=O) groups is 1. The van der Waals surface area contributed by atoms with Crippen molar-refractivity contribution in [3.05, 3.63) is 57.9 Å². The van der Waals surface area contributed by atoms with Crippen LogP contribution in [0.25, 0.3) is 22.8 Å². The Morgan fingerprint density at radius 2 is 1.84 bits per heavy atom. The Hall–Kier alpha value is -3.02. The maximum Gasteiger partial charge on any atom is 0.335 e. The van der Waals surface area contributed by atoms with Gasteiger partial charge in [-0.15, -0.1) is 0 Å². The Morgan fingerprint density at radius 1 is 1.12 bits per heavy atom. The average molecular weight is 340 g/mol. The molecule has 0 spiro atoms. The number of aromatic carboxylic acids is 1. The third-order valence-electron chi connectivity index (χ3n) is 4.56. The Bertz CT molecular complexity index is 993. The minimum atomic E-state index is -1.03. The molecule has 25 heavy (non-hydrogen) atoms. The van der Waals surface area contributed by atoms with Gasteiger partial charge in [-0.25, -0.2) is 9.18 Å². The quantitative estimate of drug-likeness (QED) is 0.761. The lowest BCUT2D eigenvalue weighted by molar-refractivity contribution is 0.0696. The molecule has 1 heterocycles. The van der Waals surface area contributed by atoms with E-state index in [1.807, 2.05) is 13.8 Å². The van der Waals surface area contributed by atoms with E-state index in [1.165, 1.54) is 12.1 Å². The molecule has 0 radical (unpaired) electrons. The number of aromatic nitrogens is 2. The molecule has 1 N–H and O–H groups in total. The second-order valence-electron chi connectivity index (χ2n) is 6.01. The predicted molar refractivity (Wildman–Crippen MR) is 91.0 cm³/mol. The van der Waals surface area contributed by atoms with Gasteiger partial charge >= 0.3 is 5.97 Å². The summed E-state index contributed by atoms with van der Waals surface area (Å²) in [5.74, 6) is -1.15. The van der Waals surface area contributed by atoms with E-state index < -0.39 is 11.8 Å². The number of aryl methyl sites for hydroxylation is 1. The number of hydrogen-bond donors (Lipinski definition) is 1. The Kier molecular flexibility index (Phi) is 4.12. The number of hydrogen-bond acceptors (Lipinski definition) is 4. The maximum atomic E-state index is 14.4. The number of benzene rings is 2. The highest BCUT2D eigenvalue weighted by Crippen LogP contribution is 2.31. The molecule has 0 unspecified atom stereocenters. The summed E-state index contributed by atoms with van der Waals surface area (Å²) in [5.41, 5.74) is 4.05. The zero-order valence-corrected chi connectivity index (χ0v) is 14.3. The van der Waals surface area contributed by atoms with Gasteiger partial charge in [0.25, 0.3) is 5.89 Å². The highest BCUT2D eigenvalue weighted by molar-refractivity contribution is 5.91. The molecule has 6 heteroatoms. The topological polar surface area (TPSA) is 76.2 Å². The Labute approximate surface area is 144 Å².